The van der Waals surface area contributed by atoms with E-state index in [2.05, 4.69) is 50.4 Å². The van der Waals surface area contributed by atoms with E-state index >= 15 is 0 Å². The molecule has 0 aromatic heterocycles. The average molecular weight is 193 g/mol. The molecule has 0 amide bonds. The van der Waals surface area contributed by atoms with E-state index in [9.17, 15) is 0 Å². The third-order valence-electron chi connectivity index (χ3n) is 1.78. The van der Waals surface area contributed by atoms with E-state index < -0.39 is 0 Å². The van der Waals surface area contributed by atoms with Gasteiger partial charge in [0.15, 0.2) is 0 Å². The van der Waals surface area contributed by atoms with Gasteiger partial charge in [0.2, 0.25) is 0 Å². The number of methoxy groups -OCH3 is 1. The minimum absolute atomic E-state index is 0.114. The molecule has 78 valence electrons. The van der Waals surface area contributed by atoms with Crippen LogP contribution in [0, 0.1) is 0 Å². The highest BCUT2D eigenvalue weighted by atomic mass is 16.5. The number of hydrogen-bond donors (Lipinski definition) is 1. The molecule has 1 N–H and O–H groups in total. The van der Waals surface area contributed by atoms with Gasteiger partial charge in [0, 0.05) is 18.3 Å². The molecule has 0 aliphatic carbocycles. The van der Waals surface area contributed by atoms with Crippen LogP contribution in [0.5, 0.6) is 0 Å². The number of nitrogens with one attached hydrogen (secondary N) is 1. The highest BCUT2D eigenvalue weighted by Gasteiger charge is 2.08. The molecule has 1 aromatic rings. The monoisotopic (exact) mass is 193 g/mol. The quantitative estimate of drug-likeness (QED) is 0.796. The lowest BCUT2D eigenvalue weighted by molar-refractivity contribution is 0.185. The van der Waals surface area contributed by atoms with Gasteiger partial charge in [0.05, 0.1) is 6.61 Å². The average Bonchev–Trinajstić information content (AvgIpc) is 2.06. The van der Waals surface area contributed by atoms with Crippen molar-refractivity contribution in [2.75, 3.05) is 12.4 Å². The molecule has 0 heterocycles. The SMILES string of the molecule is COCc1ccc(NC(C)(C)C)cc1. The molecule has 1 aromatic carbocycles. The van der Waals surface area contributed by atoms with Gasteiger partial charge >= 0.3 is 0 Å². The Morgan fingerprint density at radius 2 is 1.71 bits per heavy atom. The van der Waals surface area contributed by atoms with Crippen LogP contribution in [0.1, 0.15) is 26.3 Å². The van der Waals surface area contributed by atoms with Crippen LogP contribution < -0.4 is 5.32 Å². The minimum atomic E-state index is 0.114. The normalized spacial score (nSPS) is 11.4. The molecule has 14 heavy (non-hydrogen) atoms. The molecular formula is C12H19NO. The topological polar surface area (TPSA) is 21.3 Å². The zero-order valence-corrected chi connectivity index (χ0v) is 9.42. The van der Waals surface area contributed by atoms with Gasteiger partial charge in [-0.25, -0.2) is 0 Å². The Hall–Kier alpha value is -1.02. The van der Waals surface area contributed by atoms with Crippen LogP contribution in [-0.4, -0.2) is 12.6 Å². The van der Waals surface area contributed by atoms with Gasteiger partial charge in [-0.05, 0) is 38.5 Å². The van der Waals surface area contributed by atoms with Crippen molar-refractivity contribution < 1.29 is 4.74 Å². The van der Waals surface area contributed by atoms with Crippen molar-refractivity contribution in [3.05, 3.63) is 29.8 Å². The first-order chi connectivity index (χ1) is 6.51. The Labute approximate surface area is 86.3 Å². The maximum Gasteiger partial charge on any atom is 0.0713 e. The molecule has 0 spiro atoms. The van der Waals surface area contributed by atoms with Crippen LogP contribution in [0.3, 0.4) is 0 Å². The second-order valence-electron chi connectivity index (χ2n) is 4.50. The lowest BCUT2D eigenvalue weighted by Crippen LogP contribution is -2.25. The molecule has 2 nitrogen and oxygen atoms in total. The summed E-state index contributed by atoms with van der Waals surface area (Å²) in [4.78, 5) is 0. The summed E-state index contributed by atoms with van der Waals surface area (Å²) in [6, 6.07) is 8.33. The third kappa shape index (κ3) is 3.79. The van der Waals surface area contributed by atoms with Crippen molar-refractivity contribution in [3.63, 3.8) is 0 Å². The molecule has 2 heteroatoms. The second-order valence-corrected chi connectivity index (χ2v) is 4.50. The second kappa shape index (κ2) is 4.47. The zero-order valence-electron chi connectivity index (χ0n) is 9.42. The van der Waals surface area contributed by atoms with Crippen LogP contribution in [0.2, 0.25) is 0 Å². The van der Waals surface area contributed by atoms with Crippen molar-refractivity contribution in [3.8, 4) is 0 Å². The predicted molar refractivity (Wildman–Crippen MR) is 60.5 cm³/mol. The predicted octanol–water partition coefficient (Wildman–Crippen LogP) is 3.04. The summed E-state index contributed by atoms with van der Waals surface area (Å²) in [6.45, 7) is 7.12. The summed E-state index contributed by atoms with van der Waals surface area (Å²) in [6.07, 6.45) is 0. The Kier molecular flexibility index (Phi) is 3.53. The molecule has 1 rings (SSSR count). The molecule has 0 fully saturated rings. The summed E-state index contributed by atoms with van der Waals surface area (Å²) in [5.41, 5.74) is 2.47. The first kappa shape index (κ1) is 11.1. The van der Waals surface area contributed by atoms with Crippen LogP contribution in [-0.2, 0) is 11.3 Å². The maximum atomic E-state index is 5.05. The van der Waals surface area contributed by atoms with Gasteiger partial charge < -0.3 is 10.1 Å². The summed E-state index contributed by atoms with van der Waals surface area (Å²) >= 11 is 0. The zero-order chi connectivity index (χ0) is 10.6. The summed E-state index contributed by atoms with van der Waals surface area (Å²) < 4.78 is 5.05. The van der Waals surface area contributed by atoms with E-state index in [-0.39, 0.29) is 5.54 Å². The van der Waals surface area contributed by atoms with Crippen LogP contribution in [0.25, 0.3) is 0 Å². The standard InChI is InChI=1S/C12H19NO/c1-12(2,3)13-11-7-5-10(6-8-11)9-14-4/h5-8,13H,9H2,1-4H3. The minimum Gasteiger partial charge on any atom is -0.380 e. The molecular weight excluding hydrogens is 174 g/mol. The molecule has 0 aliphatic heterocycles. The fourth-order valence-corrected chi connectivity index (χ4v) is 1.28. The maximum absolute atomic E-state index is 5.05. The summed E-state index contributed by atoms with van der Waals surface area (Å²) in [5.74, 6) is 0. The molecule has 0 saturated carbocycles. The van der Waals surface area contributed by atoms with E-state index in [1.807, 2.05) is 0 Å². The number of rotatable bonds is 3. The Morgan fingerprint density at radius 3 is 2.14 bits per heavy atom. The van der Waals surface area contributed by atoms with Crippen molar-refractivity contribution in [1.29, 1.82) is 0 Å². The third-order valence-corrected chi connectivity index (χ3v) is 1.78. The van der Waals surface area contributed by atoms with Crippen molar-refractivity contribution in [2.45, 2.75) is 32.9 Å². The fourth-order valence-electron chi connectivity index (χ4n) is 1.28. The first-order valence-corrected chi connectivity index (χ1v) is 4.87. The van der Waals surface area contributed by atoms with E-state index in [1.165, 1.54) is 5.56 Å². The largest absolute Gasteiger partial charge is 0.380 e. The molecule has 0 atom stereocenters. The highest BCUT2D eigenvalue weighted by Crippen LogP contribution is 2.15. The fraction of sp³-hybridized carbons (Fsp3) is 0.500. The van der Waals surface area contributed by atoms with Crippen molar-refractivity contribution >= 4 is 5.69 Å². The van der Waals surface area contributed by atoms with Crippen LogP contribution in [0.4, 0.5) is 5.69 Å². The molecule has 0 bridgehead atoms. The van der Waals surface area contributed by atoms with Crippen molar-refractivity contribution in [1.82, 2.24) is 0 Å². The number of ether oxygens (including phenoxy) is 1. The smallest absolute Gasteiger partial charge is 0.0713 e. The van der Waals surface area contributed by atoms with E-state index in [0.717, 1.165) is 5.69 Å². The van der Waals surface area contributed by atoms with E-state index in [0.29, 0.717) is 6.61 Å². The Balaban J connectivity index is 2.64. The molecule has 0 aliphatic rings. The summed E-state index contributed by atoms with van der Waals surface area (Å²) in [5, 5.41) is 3.41. The van der Waals surface area contributed by atoms with Gasteiger partial charge in [-0.1, -0.05) is 12.1 Å². The van der Waals surface area contributed by atoms with Crippen LogP contribution in [0.15, 0.2) is 24.3 Å². The lowest BCUT2D eigenvalue weighted by Gasteiger charge is -2.22. The Bertz CT molecular complexity index is 271. The first-order valence-electron chi connectivity index (χ1n) is 4.87. The molecule has 0 saturated heterocycles. The highest BCUT2D eigenvalue weighted by molar-refractivity contribution is 5.46. The summed E-state index contributed by atoms with van der Waals surface area (Å²) in [7, 11) is 1.71. The van der Waals surface area contributed by atoms with E-state index in [4.69, 9.17) is 4.74 Å². The molecule has 0 radical (unpaired) electrons. The number of hydrogen-bond acceptors (Lipinski definition) is 2. The van der Waals surface area contributed by atoms with Gasteiger partial charge in [0.1, 0.15) is 0 Å². The Morgan fingerprint density at radius 1 is 1.14 bits per heavy atom. The lowest BCUT2D eigenvalue weighted by atomic mass is 10.1. The van der Waals surface area contributed by atoms with Gasteiger partial charge in [0.25, 0.3) is 0 Å². The van der Waals surface area contributed by atoms with Gasteiger partial charge in [-0.15, -0.1) is 0 Å². The van der Waals surface area contributed by atoms with E-state index in [1.54, 1.807) is 7.11 Å². The molecule has 0 unspecified atom stereocenters. The number of anilines is 1. The van der Waals surface area contributed by atoms with Crippen LogP contribution >= 0.6 is 0 Å². The van der Waals surface area contributed by atoms with Crippen molar-refractivity contribution in [2.24, 2.45) is 0 Å². The number of benzene rings is 1. The van der Waals surface area contributed by atoms with Gasteiger partial charge in [-0.3, -0.25) is 0 Å². The van der Waals surface area contributed by atoms with Gasteiger partial charge in [-0.2, -0.15) is 0 Å².